The van der Waals surface area contributed by atoms with Gasteiger partial charge in [0.15, 0.2) is 5.11 Å². The van der Waals surface area contributed by atoms with Gasteiger partial charge in [0.25, 0.3) is 15.9 Å². The highest BCUT2D eigenvalue weighted by Crippen LogP contribution is 2.26. The average Bonchev–Trinajstić information content (AvgIpc) is 2.81. The predicted octanol–water partition coefficient (Wildman–Crippen LogP) is 4.78. The molecule has 1 amide bonds. The quantitative estimate of drug-likeness (QED) is 0.338. The molecule has 0 fully saturated rings. The van der Waals surface area contributed by atoms with Gasteiger partial charge in [0.1, 0.15) is 11.5 Å². The zero-order chi connectivity index (χ0) is 24.7. The fourth-order valence-electron chi connectivity index (χ4n) is 2.84. The van der Waals surface area contributed by atoms with Gasteiger partial charge in [-0.3, -0.25) is 14.8 Å². The normalized spacial score (nSPS) is 10.8. The topological polar surface area (TPSA) is 106 Å². The molecular weight excluding hydrogens is 542 g/mol. The molecule has 0 radical (unpaired) electrons. The molecule has 34 heavy (non-hydrogen) atoms. The molecule has 0 unspecified atom stereocenters. The average molecular weight is 564 g/mol. The van der Waals surface area contributed by atoms with E-state index in [1.54, 1.807) is 54.6 Å². The van der Waals surface area contributed by atoms with Gasteiger partial charge >= 0.3 is 0 Å². The molecule has 0 spiro atoms. The van der Waals surface area contributed by atoms with Gasteiger partial charge < -0.3 is 14.8 Å². The number of hydrogen-bond donors (Lipinski definition) is 3. The number of rotatable bonds is 8. The number of sulfonamides is 1. The molecule has 0 saturated carbocycles. The van der Waals surface area contributed by atoms with Gasteiger partial charge in [-0.05, 0) is 102 Å². The first-order valence-electron chi connectivity index (χ1n) is 10.0. The van der Waals surface area contributed by atoms with E-state index < -0.39 is 15.9 Å². The number of anilines is 2. The van der Waals surface area contributed by atoms with Crippen LogP contribution in [0.3, 0.4) is 0 Å². The second-order valence-corrected chi connectivity index (χ2v) is 9.79. The van der Waals surface area contributed by atoms with Gasteiger partial charge in [-0.2, -0.15) is 0 Å². The third-order valence-electron chi connectivity index (χ3n) is 4.49. The van der Waals surface area contributed by atoms with Gasteiger partial charge in [-0.15, -0.1) is 0 Å². The second kappa shape index (κ2) is 11.3. The number of hydrogen-bond acceptors (Lipinski definition) is 6. The SMILES string of the molecule is CCOc1ccc(C(=O)NC(=S)Nc2ccc(S(=O)(=O)Nc3ccc(OC)cc3)cc2)cc1Br. The molecule has 3 aromatic carbocycles. The molecule has 178 valence electrons. The van der Waals surface area contributed by atoms with E-state index in [1.165, 1.54) is 19.2 Å². The van der Waals surface area contributed by atoms with E-state index in [0.29, 0.717) is 39.5 Å². The second-order valence-electron chi connectivity index (χ2n) is 6.84. The van der Waals surface area contributed by atoms with Crippen LogP contribution in [0.1, 0.15) is 17.3 Å². The van der Waals surface area contributed by atoms with Crippen LogP contribution in [0, 0.1) is 0 Å². The van der Waals surface area contributed by atoms with Crippen molar-refractivity contribution < 1.29 is 22.7 Å². The molecule has 3 aromatic rings. The predicted molar refractivity (Wildman–Crippen MR) is 139 cm³/mol. The van der Waals surface area contributed by atoms with Crippen molar-refractivity contribution in [2.75, 3.05) is 23.8 Å². The lowest BCUT2D eigenvalue weighted by atomic mass is 10.2. The van der Waals surface area contributed by atoms with E-state index in [-0.39, 0.29) is 10.0 Å². The molecule has 0 aliphatic heterocycles. The van der Waals surface area contributed by atoms with Crippen molar-refractivity contribution >= 4 is 60.6 Å². The number of nitrogens with one attached hydrogen (secondary N) is 3. The first-order chi connectivity index (χ1) is 16.2. The van der Waals surface area contributed by atoms with Crippen LogP contribution in [0.15, 0.2) is 76.1 Å². The zero-order valence-electron chi connectivity index (χ0n) is 18.3. The van der Waals surface area contributed by atoms with E-state index in [2.05, 4.69) is 31.3 Å². The summed E-state index contributed by atoms with van der Waals surface area (Å²) in [5.74, 6) is 0.858. The molecule has 0 aliphatic carbocycles. The van der Waals surface area contributed by atoms with Crippen LogP contribution in [-0.4, -0.2) is 33.2 Å². The van der Waals surface area contributed by atoms with Crippen molar-refractivity contribution in [3.63, 3.8) is 0 Å². The Kier molecular flexibility index (Phi) is 8.48. The highest BCUT2D eigenvalue weighted by molar-refractivity contribution is 9.10. The summed E-state index contributed by atoms with van der Waals surface area (Å²) in [6, 6.07) is 17.5. The fraction of sp³-hybridized carbons (Fsp3) is 0.130. The van der Waals surface area contributed by atoms with Crippen molar-refractivity contribution in [2.24, 2.45) is 0 Å². The lowest BCUT2D eigenvalue weighted by Crippen LogP contribution is -2.34. The van der Waals surface area contributed by atoms with Gasteiger partial charge in [-0.1, -0.05) is 0 Å². The molecule has 0 atom stereocenters. The van der Waals surface area contributed by atoms with E-state index in [1.807, 2.05) is 6.92 Å². The van der Waals surface area contributed by atoms with Crippen molar-refractivity contribution in [3.8, 4) is 11.5 Å². The maximum atomic E-state index is 12.6. The minimum absolute atomic E-state index is 0.0713. The molecule has 0 aliphatic rings. The summed E-state index contributed by atoms with van der Waals surface area (Å²) in [4.78, 5) is 12.5. The Labute approximate surface area is 211 Å². The highest BCUT2D eigenvalue weighted by atomic mass is 79.9. The van der Waals surface area contributed by atoms with E-state index in [9.17, 15) is 13.2 Å². The summed E-state index contributed by atoms with van der Waals surface area (Å²) < 4.78 is 38.9. The summed E-state index contributed by atoms with van der Waals surface area (Å²) in [6.45, 7) is 2.38. The maximum absolute atomic E-state index is 12.6. The van der Waals surface area contributed by atoms with Crippen molar-refractivity contribution in [3.05, 3.63) is 76.8 Å². The minimum atomic E-state index is -3.78. The Bertz CT molecular complexity index is 1280. The minimum Gasteiger partial charge on any atom is -0.497 e. The lowest BCUT2D eigenvalue weighted by Gasteiger charge is -2.12. The maximum Gasteiger partial charge on any atom is 0.261 e. The fourth-order valence-corrected chi connectivity index (χ4v) is 4.61. The molecule has 0 saturated heterocycles. The van der Waals surface area contributed by atoms with Crippen molar-refractivity contribution in [1.29, 1.82) is 0 Å². The number of ether oxygens (including phenoxy) is 2. The van der Waals surface area contributed by atoms with Gasteiger partial charge in [-0.25, -0.2) is 8.42 Å². The van der Waals surface area contributed by atoms with Crippen LogP contribution in [-0.2, 0) is 10.0 Å². The van der Waals surface area contributed by atoms with Crippen LogP contribution < -0.4 is 24.8 Å². The number of benzene rings is 3. The van der Waals surface area contributed by atoms with E-state index in [0.717, 1.165) is 0 Å². The monoisotopic (exact) mass is 563 g/mol. The molecule has 11 heteroatoms. The number of halogens is 1. The number of carbonyl (C=O) groups is 1. The summed E-state index contributed by atoms with van der Waals surface area (Å²) in [5.41, 5.74) is 1.32. The summed E-state index contributed by atoms with van der Waals surface area (Å²) in [5, 5.41) is 5.52. The zero-order valence-corrected chi connectivity index (χ0v) is 21.5. The third-order valence-corrected chi connectivity index (χ3v) is 6.71. The van der Waals surface area contributed by atoms with Crippen LogP contribution in [0.5, 0.6) is 11.5 Å². The van der Waals surface area contributed by atoms with Crippen LogP contribution in [0.4, 0.5) is 11.4 Å². The van der Waals surface area contributed by atoms with Crippen LogP contribution >= 0.6 is 28.1 Å². The first-order valence-corrected chi connectivity index (χ1v) is 12.7. The Morgan fingerprint density at radius 2 is 1.65 bits per heavy atom. The summed E-state index contributed by atoms with van der Waals surface area (Å²) in [7, 11) is -2.25. The Balaban J connectivity index is 1.60. The highest BCUT2D eigenvalue weighted by Gasteiger charge is 2.15. The van der Waals surface area contributed by atoms with Gasteiger partial charge in [0.2, 0.25) is 0 Å². The summed E-state index contributed by atoms with van der Waals surface area (Å²) in [6.07, 6.45) is 0. The molecule has 3 rings (SSSR count). The van der Waals surface area contributed by atoms with Crippen molar-refractivity contribution in [2.45, 2.75) is 11.8 Å². The number of methoxy groups -OCH3 is 1. The molecule has 0 aromatic heterocycles. The molecule has 3 N–H and O–H groups in total. The van der Waals surface area contributed by atoms with Gasteiger partial charge in [0.05, 0.1) is 23.1 Å². The number of amides is 1. The number of carbonyl (C=O) groups excluding carboxylic acids is 1. The lowest BCUT2D eigenvalue weighted by molar-refractivity contribution is 0.0977. The van der Waals surface area contributed by atoms with Crippen molar-refractivity contribution in [1.82, 2.24) is 5.32 Å². The van der Waals surface area contributed by atoms with Crippen LogP contribution in [0.25, 0.3) is 0 Å². The standard InChI is InChI=1S/C23H22BrN3O5S2/c1-3-32-21-13-4-15(14-20(21)24)22(28)26-23(33)25-16-7-11-19(12-8-16)34(29,30)27-17-5-9-18(31-2)10-6-17/h4-14,27H,3H2,1-2H3,(H2,25,26,28,33). The molecule has 0 heterocycles. The first kappa shape index (κ1) is 25.5. The third kappa shape index (κ3) is 6.69. The largest absolute Gasteiger partial charge is 0.497 e. The van der Waals surface area contributed by atoms with Crippen LogP contribution in [0.2, 0.25) is 0 Å². The Morgan fingerprint density at radius 1 is 1.00 bits per heavy atom. The number of thiocarbonyl (C=S) groups is 1. The van der Waals surface area contributed by atoms with E-state index in [4.69, 9.17) is 21.7 Å². The smallest absolute Gasteiger partial charge is 0.261 e. The Hall–Kier alpha value is -3.15. The Morgan fingerprint density at radius 3 is 2.24 bits per heavy atom. The summed E-state index contributed by atoms with van der Waals surface area (Å²) >= 11 is 8.58. The van der Waals surface area contributed by atoms with E-state index >= 15 is 0 Å². The molecule has 8 nitrogen and oxygen atoms in total. The van der Waals surface area contributed by atoms with Gasteiger partial charge in [0, 0.05) is 16.9 Å². The molecular formula is C23H22BrN3O5S2. The molecule has 0 bridgehead atoms.